The van der Waals surface area contributed by atoms with Gasteiger partial charge in [-0.15, -0.1) is 0 Å². The zero-order valence-electron chi connectivity index (χ0n) is 11.4. The molecule has 2 aromatic carbocycles. The Hall–Kier alpha value is -2.39. The lowest BCUT2D eigenvalue weighted by Crippen LogP contribution is -2.12. The Morgan fingerprint density at radius 1 is 1.05 bits per heavy atom. The number of nitrogens with zero attached hydrogens (tertiary/aromatic N) is 1. The van der Waals surface area contributed by atoms with E-state index in [4.69, 9.17) is 11.6 Å². The molecule has 1 heterocycles. The molecule has 0 saturated heterocycles. The van der Waals surface area contributed by atoms with Gasteiger partial charge in [-0.25, -0.2) is 0 Å². The van der Waals surface area contributed by atoms with Crippen LogP contribution in [0, 0.1) is 6.92 Å². The van der Waals surface area contributed by atoms with Crippen molar-refractivity contribution in [1.29, 1.82) is 0 Å². The first-order chi connectivity index (χ1) is 10.1. The maximum absolute atomic E-state index is 12.3. The van der Waals surface area contributed by atoms with Crippen molar-refractivity contribution in [3.8, 4) is 0 Å². The molecular formula is C17H13ClN2O. The van der Waals surface area contributed by atoms with E-state index in [0.717, 1.165) is 22.3 Å². The molecule has 1 aromatic heterocycles. The van der Waals surface area contributed by atoms with Crippen molar-refractivity contribution in [3.63, 3.8) is 0 Å². The molecule has 0 spiro atoms. The Labute approximate surface area is 127 Å². The third kappa shape index (κ3) is 2.88. The number of aromatic nitrogens is 1. The van der Waals surface area contributed by atoms with Crippen LogP contribution in [-0.2, 0) is 0 Å². The van der Waals surface area contributed by atoms with Crippen LogP contribution in [0.15, 0.2) is 54.6 Å². The standard InChI is InChI=1S/C17H13ClN2O/c1-11-5-10-14-15(19-11)3-2-4-16(14)20-17(21)12-6-8-13(18)9-7-12/h2-10H,1H3,(H,20,21). The average molecular weight is 297 g/mol. The molecule has 3 nitrogen and oxygen atoms in total. The minimum absolute atomic E-state index is 0.167. The second-order valence-corrected chi connectivity index (χ2v) is 5.22. The summed E-state index contributed by atoms with van der Waals surface area (Å²) in [5, 5.41) is 4.45. The highest BCUT2D eigenvalue weighted by molar-refractivity contribution is 6.30. The molecule has 21 heavy (non-hydrogen) atoms. The van der Waals surface area contributed by atoms with Crippen molar-refractivity contribution in [3.05, 3.63) is 70.9 Å². The zero-order valence-corrected chi connectivity index (χ0v) is 12.2. The Bertz CT molecular complexity index is 813. The number of amides is 1. The molecule has 104 valence electrons. The largest absolute Gasteiger partial charge is 0.321 e. The maximum Gasteiger partial charge on any atom is 0.255 e. The van der Waals surface area contributed by atoms with Crippen LogP contribution in [0.1, 0.15) is 16.1 Å². The van der Waals surface area contributed by atoms with E-state index in [2.05, 4.69) is 10.3 Å². The lowest BCUT2D eigenvalue weighted by atomic mass is 10.1. The summed E-state index contributed by atoms with van der Waals surface area (Å²) in [5.41, 5.74) is 3.13. The maximum atomic E-state index is 12.3. The van der Waals surface area contributed by atoms with Crippen LogP contribution in [0.4, 0.5) is 5.69 Å². The monoisotopic (exact) mass is 296 g/mol. The molecule has 4 heteroatoms. The van der Waals surface area contributed by atoms with Crippen LogP contribution < -0.4 is 5.32 Å². The molecule has 0 fully saturated rings. The predicted molar refractivity (Wildman–Crippen MR) is 85.9 cm³/mol. The van der Waals surface area contributed by atoms with E-state index < -0.39 is 0 Å². The number of pyridine rings is 1. The molecule has 1 amide bonds. The molecular weight excluding hydrogens is 284 g/mol. The van der Waals surface area contributed by atoms with Crippen molar-refractivity contribution in [1.82, 2.24) is 4.98 Å². The number of fused-ring (bicyclic) bond motifs is 1. The number of hydrogen-bond acceptors (Lipinski definition) is 2. The molecule has 3 aromatic rings. The van der Waals surface area contributed by atoms with Crippen LogP contribution in [-0.4, -0.2) is 10.9 Å². The van der Waals surface area contributed by atoms with Gasteiger partial charge in [0.2, 0.25) is 0 Å². The normalized spacial score (nSPS) is 10.6. The van der Waals surface area contributed by atoms with Gasteiger partial charge in [-0.3, -0.25) is 9.78 Å². The van der Waals surface area contributed by atoms with Gasteiger partial charge in [-0.2, -0.15) is 0 Å². The van der Waals surface area contributed by atoms with Crippen LogP contribution in [0.5, 0.6) is 0 Å². The van der Waals surface area contributed by atoms with E-state index in [1.54, 1.807) is 24.3 Å². The summed E-state index contributed by atoms with van der Waals surface area (Å²) in [4.78, 5) is 16.7. The van der Waals surface area contributed by atoms with E-state index in [1.807, 2.05) is 37.3 Å². The molecule has 0 aliphatic carbocycles. The summed E-state index contributed by atoms with van der Waals surface area (Å²) in [5.74, 6) is -0.167. The zero-order chi connectivity index (χ0) is 14.8. The van der Waals surface area contributed by atoms with Gasteiger partial charge < -0.3 is 5.32 Å². The van der Waals surface area contributed by atoms with Gasteiger partial charge in [0.25, 0.3) is 5.91 Å². The molecule has 0 aliphatic heterocycles. The van der Waals surface area contributed by atoms with E-state index in [0.29, 0.717) is 10.6 Å². The predicted octanol–water partition coefficient (Wildman–Crippen LogP) is 4.45. The second-order valence-electron chi connectivity index (χ2n) is 4.79. The second kappa shape index (κ2) is 5.54. The lowest BCUT2D eigenvalue weighted by molar-refractivity contribution is 0.102. The summed E-state index contributed by atoms with van der Waals surface area (Å²) in [6.07, 6.45) is 0. The van der Waals surface area contributed by atoms with Crippen molar-refractivity contribution >= 4 is 34.1 Å². The van der Waals surface area contributed by atoms with E-state index in [1.165, 1.54) is 0 Å². The van der Waals surface area contributed by atoms with E-state index in [9.17, 15) is 4.79 Å². The summed E-state index contributed by atoms with van der Waals surface area (Å²) < 4.78 is 0. The van der Waals surface area contributed by atoms with Crippen LogP contribution >= 0.6 is 11.6 Å². The summed E-state index contributed by atoms with van der Waals surface area (Å²) in [6, 6.07) is 16.4. The van der Waals surface area contributed by atoms with Gasteiger partial charge in [0.05, 0.1) is 11.2 Å². The number of aryl methyl sites for hydroxylation is 1. The Kier molecular flexibility index (Phi) is 3.59. The Balaban J connectivity index is 1.94. The van der Waals surface area contributed by atoms with Gasteiger partial charge in [0, 0.05) is 21.7 Å². The number of hydrogen-bond donors (Lipinski definition) is 1. The van der Waals surface area contributed by atoms with Crippen molar-refractivity contribution in [2.75, 3.05) is 5.32 Å². The first-order valence-electron chi connectivity index (χ1n) is 6.57. The Morgan fingerprint density at radius 3 is 2.57 bits per heavy atom. The summed E-state index contributed by atoms with van der Waals surface area (Å²) in [6.45, 7) is 1.94. The van der Waals surface area contributed by atoms with E-state index >= 15 is 0 Å². The third-order valence-electron chi connectivity index (χ3n) is 3.23. The van der Waals surface area contributed by atoms with Crippen molar-refractivity contribution in [2.45, 2.75) is 6.92 Å². The number of nitrogens with one attached hydrogen (secondary N) is 1. The minimum Gasteiger partial charge on any atom is -0.321 e. The quantitative estimate of drug-likeness (QED) is 0.759. The molecule has 0 saturated carbocycles. The smallest absolute Gasteiger partial charge is 0.255 e. The number of benzene rings is 2. The fourth-order valence-electron chi connectivity index (χ4n) is 2.16. The van der Waals surface area contributed by atoms with Gasteiger partial charge in [-0.1, -0.05) is 17.7 Å². The fraction of sp³-hybridized carbons (Fsp3) is 0.0588. The van der Waals surface area contributed by atoms with Crippen LogP contribution in [0.3, 0.4) is 0 Å². The molecule has 3 rings (SSSR count). The van der Waals surface area contributed by atoms with Gasteiger partial charge in [0.1, 0.15) is 0 Å². The van der Waals surface area contributed by atoms with E-state index in [-0.39, 0.29) is 5.91 Å². The minimum atomic E-state index is -0.167. The third-order valence-corrected chi connectivity index (χ3v) is 3.48. The highest BCUT2D eigenvalue weighted by atomic mass is 35.5. The summed E-state index contributed by atoms with van der Waals surface area (Å²) in [7, 11) is 0. The average Bonchev–Trinajstić information content (AvgIpc) is 2.47. The summed E-state index contributed by atoms with van der Waals surface area (Å²) >= 11 is 5.83. The van der Waals surface area contributed by atoms with Gasteiger partial charge >= 0.3 is 0 Å². The number of anilines is 1. The molecule has 0 radical (unpaired) electrons. The fourth-order valence-corrected chi connectivity index (χ4v) is 2.29. The number of rotatable bonds is 2. The number of halogens is 1. The molecule has 0 unspecified atom stereocenters. The number of carbonyl (C=O) groups excluding carboxylic acids is 1. The lowest BCUT2D eigenvalue weighted by Gasteiger charge is -2.09. The van der Waals surface area contributed by atoms with Crippen LogP contribution in [0.25, 0.3) is 10.9 Å². The van der Waals surface area contributed by atoms with Gasteiger partial charge in [0.15, 0.2) is 0 Å². The first-order valence-corrected chi connectivity index (χ1v) is 6.94. The molecule has 0 bridgehead atoms. The highest BCUT2D eigenvalue weighted by Gasteiger charge is 2.08. The molecule has 0 atom stereocenters. The first kappa shape index (κ1) is 13.6. The topological polar surface area (TPSA) is 42.0 Å². The number of carbonyl (C=O) groups is 1. The Morgan fingerprint density at radius 2 is 1.81 bits per heavy atom. The van der Waals surface area contributed by atoms with Crippen molar-refractivity contribution in [2.24, 2.45) is 0 Å². The SMILES string of the molecule is Cc1ccc2c(NC(=O)c3ccc(Cl)cc3)cccc2n1. The van der Waals surface area contributed by atoms with Gasteiger partial charge in [-0.05, 0) is 55.5 Å². The van der Waals surface area contributed by atoms with Crippen LogP contribution in [0.2, 0.25) is 5.02 Å². The molecule has 1 N–H and O–H groups in total. The van der Waals surface area contributed by atoms with Crippen molar-refractivity contribution < 1.29 is 4.79 Å². The molecule has 0 aliphatic rings. The highest BCUT2D eigenvalue weighted by Crippen LogP contribution is 2.23.